The van der Waals surface area contributed by atoms with Gasteiger partial charge in [0.15, 0.2) is 0 Å². The van der Waals surface area contributed by atoms with E-state index in [-0.39, 0.29) is 122 Å². The van der Waals surface area contributed by atoms with Crippen molar-refractivity contribution in [2.75, 3.05) is 105 Å². The molecule has 5 atom stereocenters. The van der Waals surface area contributed by atoms with E-state index >= 15 is 4.11 Å². The van der Waals surface area contributed by atoms with Crippen LogP contribution in [-0.4, -0.2) is 224 Å². The number of carbonyl (C=O) groups excluding carboxylic acids is 7. The van der Waals surface area contributed by atoms with Crippen LogP contribution in [0.4, 0.5) is 4.11 Å². The fourth-order valence-electron chi connectivity index (χ4n) is 10.9. The van der Waals surface area contributed by atoms with Gasteiger partial charge in [0.25, 0.3) is 20.2 Å². The zero-order valence-electron chi connectivity index (χ0n) is 48.6. The number of ether oxygens (including phenoxy) is 1. The predicted octanol–water partition coefficient (Wildman–Crippen LogP) is 1.56. The lowest BCUT2D eigenvalue weighted by atomic mass is 10.1. The number of rotatable bonds is 21. The first-order valence-electron chi connectivity index (χ1n) is 28.2. The number of hydrogen-bond acceptors (Lipinski definition) is 18. The summed E-state index contributed by atoms with van der Waals surface area (Å²) in [6.45, 7) is 11.2. The number of halogens is 1. The molecule has 4 aliphatic heterocycles. The van der Waals surface area contributed by atoms with Crippen molar-refractivity contribution in [2.45, 2.75) is 102 Å². The van der Waals surface area contributed by atoms with E-state index in [2.05, 4.69) is 32.3 Å². The maximum Gasteiger partial charge on any atom is 0.369 e. The standard InChI is InChI=1S/C57H78FN11O14Si/c1-56(2,3)84(58,57(4,5)6)41-13-10-38(11-14-41)52(76)62-33-45(54(78)61-19-8-30-81-40-12-15-44-43(31-40)42(18-20-60-44)53(77)63-34-48(71)69-21-7-9-39(69)32-59)64-47(70)17-16-46(55(79)80)68-28-26-66-24-22-65(35-49(72)73)23-25-67(27-29-68)37-51(75)83-82-50(74)36-66/h10-15,18,20,31,39,45-46H,7-9,16-17,19,21-30,33-37H2,1-6H3,(H,61,78)(H,62,76)(H,63,77)(H,64,70)(H,72,73)(H,79,80)/t39-,45+,46+/m0/s1. The Kier molecular flexibility index (Phi) is 23.2. The molecule has 6 N–H and O–H groups in total. The number of nitriles is 1. The molecule has 0 spiro atoms. The Morgan fingerprint density at radius 1 is 0.821 bits per heavy atom. The van der Waals surface area contributed by atoms with Gasteiger partial charge in [0.1, 0.15) is 37.0 Å². The van der Waals surface area contributed by atoms with Crippen LogP contribution < -0.4 is 31.2 Å². The van der Waals surface area contributed by atoms with Gasteiger partial charge in [0, 0.05) is 95.6 Å². The van der Waals surface area contributed by atoms with E-state index in [9.17, 15) is 58.6 Å². The Morgan fingerprint density at radius 2 is 1.45 bits per heavy atom. The topological polar surface area (TPSA) is 323 Å². The number of carboxylic acids is 2. The quantitative estimate of drug-likeness (QED) is 0.0381. The van der Waals surface area contributed by atoms with Crippen molar-refractivity contribution in [2.24, 2.45) is 0 Å². The molecular formula is C57H78FN11O14Si. The van der Waals surface area contributed by atoms with Gasteiger partial charge in [0.2, 0.25) is 17.7 Å². The minimum atomic E-state index is -3.67. The minimum absolute atomic E-state index is 0.0364. The van der Waals surface area contributed by atoms with E-state index in [4.69, 9.17) is 14.5 Å². The smallest absolute Gasteiger partial charge is 0.369 e. The average Bonchev–Trinajstić information content (AvgIpc) is 1.30. The molecule has 0 radical (unpaired) electrons. The monoisotopic (exact) mass is 1190 g/mol. The summed E-state index contributed by atoms with van der Waals surface area (Å²) in [7, 11) is -3.67. The van der Waals surface area contributed by atoms with Gasteiger partial charge in [-0.2, -0.15) is 5.26 Å². The van der Waals surface area contributed by atoms with Crippen molar-refractivity contribution in [3.8, 4) is 11.8 Å². The first-order chi connectivity index (χ1) is 39.8. The van der Waals surface area contributed by atoms with E-state index < -0.39 is 97.1 Å². The van der Waals surface area contributed by atoms with E-state index in [1.165, 1.54) is 29.3 Å². The van der Waals surface area contributed by atoms with Crippen LogP contribution in [-0.2, 0) is 43.3 Å². The van der Waals surface area contributed by atoms with Gasteiger partial charge < -0.3 is 45.2 Å². The Labute approximate surface area is 488 Å². The molecular weight excluding hydrogens is 1110 g/mol. The summed E-state index contributed by atoms with van der Waals surface area (Å²) < 4.78 is 23.1. The highest BCUT2D eigenvalue weighted by atomic mass is 28.4. The largest absolute Gasteiger partial charge is 0.494 e. The fourth-order valence-corrected chi connectivity index (χ4v) is 15.6. The molecule has 4 fully saturated rings. The van der Waals surface area contributed by atoms with E-state index in [0.717, 1.165) is 0 Å². The highest BCUT2D eigenvalue weighted by Gasteiger charge is 2.56. The molecule has 25 nitrogen and oxygen atoms in total. The Morgan fingerprint density at radius 3 is 2.05 bits per heavy atom. The molecule has 5 heterocycles. The van der Waals surface area contributed by atoms with Gasteiger partial charge in [-0.15, -0.1) is 0 Å². The van der Waals surface area contributed by atoms with Crippen LogP contribution >= 0.6 is 0 Å². The molecule has 2 aromatic carbocycles. The van der Waals surface area contributed by atoms with Crippen molar-refractivity contribution < 1.29 is 72.0 Å². The molecule has 2 bridgehead atoms. The molecule has 1 aromatic heterocycles. The summed E-state index contributed by atoms with van der Waals surface area (Å²) >= 11 is 0. The van der Waals surface area contributed by atoms with Crippen LogP contribution in [0, 0.1) is 11.3 Å². The van der Waals surface area contributed by atoms with E-state index in [1.807, 2.05) is 41.5 Å². The summed E-state index contributed by atoms with van der Waals surface area (Å²) in [6.07, 6.45) is 2.36. The molecule has 456 valence electrons. The molecule has 4 saturated heterocycles. The molecule has 7 rings (SSSR count). The Balaban J connectivity index is 1.12. The molecule has 0 saturated carbocycles. The number of nitrogens with one attached hydrogen (secondary N) is 4. The molecule has 27 heteroatoms. The number of carboxylic acid groups (broad SMARTS) is 2. The third-order valence-electron chi connectivity index (χ3n) is 15.2. The van der Waals surface area contributed by atoms with Crippen LogP contribution in [0.2, 0.25) is 10.1 Å². The third kappa shape index (κ3) is 17.9. The van der Waals surface area contributed by atoms with E-state index in [0.29, 0.717) is 41.2 Å². The first kappa shape index (κ1) is 65.5. The number of carbonyl (C=O) groups is 9. The minimum Gasteiger partial charge on any atom is -0.494 e. The average molecular weight is 1190 g/mol. The number of nitrogens with zero attached hydrogens (tertiary/aromatic N) is 7. The number of benzene rings is 2. The maximum absolute atomic E-state index is 17.1. The lowest BCUT2D eigenvalue weighted by Gasteiger charge is -2.44. The second-order valence-electron chi connectivity index (χ2n) is 23.2. The zero-order chi connectivity index (χ0) is 61.4. The summed E-state index contributed by atoms with van der Waals surface area (Å²) in [5, 5.41) is 40.0. The molecule has 5 amide bonds. The first-order valence-corrected chi connectivity index (χ1v) is 30.0. The number of likely N-dealkylation sites (tertiary alicyclic amines) is 1. The highest BCUT2D eigenvalue weighted by molar-refractivity contribution is 6.90. The summed E-state index contributed by atoms with van der Waals surface area (Å²) in [4.78, 5) is 140. The lowest BCUT2D eigenvalue weighted by molar-refractivity contribution is -0.259. The number of aliphatic carboxylic acids is 2. The van der Waals surface area contributed by atoms with Crippen molar-refractivity contribution in [3.05, 3.63) is 65.9 Å². The molecule has 84 heavy (non-hydrogen) atoms. The summed E-state index contributed by atoms with van der Waals surface area (Å²) in [6, 6.07) is 11.7. The number of pyridine rings is 1. The Hall–Kier alpha value is -7.64. The van der Waals surface area contributed by atoms with Crippen LogP contribution in [0.3, 0.4) is 0 Å². The second-order valence-corrected chi connectivity index (χ2v) is 28.1. The number of fused-ring (bicyclic) bond motifs is 14. The normalized spacial score (nSPS) is 19.5. The van der Waals surface area contributed by atoms with Gasteiger partial charge in [-0.25, -0.2) is 19.4 Å². The summed E-state index contributed by atoms with van der Waals surface area (Å²) in [5.41, 5.74) is 0.917. The van der Waals surface area contributed by atoms with Crippen LogP contribution in [0.25, 0.3) is 10.9 Å². The fraction of sp³-hybridized carbons (Fsp3) is 0.561. The van der Waals surface area contributed by atoms with Gasteiger partial charge in [-0.1, -0.05) is 53.7 Å². The van der Waals surface area contributed by atoms with E-state index in [1.54, 1.807) is 49.9 Å². The molecule has 3 aromatic rings. The van der Waals surface area contributed by atoms with Gasteiger partial charge in [0.05, 0.1) is 36.8 Å². The van der Waals surface area contributed by atoms with Crippen molar-refractivity contribution in [3.63, 3.8) is 0 Å². The van der Waals surface area contributed by atoms with Crippen molar-refractivity contribution in [1.29, 1.82) is 5.26 Å². The molecule has 2 unspecified atom stereocenters. The van der Waals surface area contributed by atoms with Crippen molar-refractivity contribution >= 4 is 77.9 Å². The highest BCUT2D eigenvalue weighted by Crippen LogP contribution is 2.51. The number of aromatic nitrogens is 1. The van der Waals surface area contributed by atoms with Gasteiger partial charge in [-0.3, -0.25) is 58.1 Å². The second kappa shape index (κ2) is 29.7. The van der Waals surface area contributed by atoms with Crippen LogP contribution in [0.5, 0.6) is 5.75 Å². The van der Waals surface area contributed by atoms with Gasteiger partial charge in [-0.05, 0) is 77.3 Å². The van der Waals surface area contributed by atoms with Gasteiger partial charge >= 0.3 is 23.9 Å². The van der Waals surface area contributed by atoms with Crippen LogP contribution in [0.1, 0.15) is 94.4 Å². The number of hydrogen-bond donors (Lipinski definition) is 6. The molecule has 4 aliphatic rings. The lowest BCUT2D eigenvalue weighted by Crippen LogP contribution is -2.57. The summed E-state index contributed by atoms with van der Waals surface area (Å²) in [5.74, 6) is -6.61. The zero-order valence-corrected chi connectivity index (χ0v) is 49.6. The van der Waals surface area contributed by atoms with Crippen LogP contribution in [0.15, 0.2) is 54.7 Å². The maximum atomic E-state index is 17.1. The predicted molar refractivity (Wildman–Crippen MR) is 306 cm³/mol. The molecule has 0 aliphatic carbocycles. The van der Waals surface area contributed by atoms with Crippen molar-refractivity contribution in [1.82, 2.24) is 50.8 Å². The third-order valence-corrected chi connectivity index (χ3v) is 20.5. The Bertz CT molecular complexity index is 2870. The SMILES string of the molecule is CC(C)(C)[Si](F)(c1ccc(C(=O)NC[C@@H](NC(=O)CC[C@H](C(=O)O)N2CCN3CCN(CC(=O)O)CCN(CC2)CC(=O)OOC(=O)C3)C(=O)NCCCOc2ccc3nccc(C(=O)NCC(=O)N4CCC[C@H]4C#N)c3c2)cc1)C(C)(C)C. The number of amides is 5.